The van der Waals surface area contributed by atoms with Gasteiger partial charge in [0, 0.05) is 32.5 Å². The molecule has 6 nitrogen and oxygen atoms in total. The topological polar surface area (TPSA) is 65.0 Å². The third-order valence-electron chi connectivity index (χ3n) is 5.42. The first kappa shape index (κ1) is 20.5. The van der Waals surface area contributed by atoms with E-state index in [4.69, 9.17) is 0 Å². The van der Waals surface area contributed by atoms with E-state index in [1.165, 1.54) is 11.4 Å². The summed E-state index contributed by atoms with van der Waals surface area (Å²) in [5.74, 6) is 1.26. The van der Waals surface area contributed by atoms with E-state index in [1.807, 2.05) is 30.3 Å². The maximum Gasteiger partial charge on any atom is 0.243 e. The van der Waals surface area contributed by atoms with Crippen molar-refractivity contribution in [1.29, 1.82) is 0 Å². The van der Waals surface area contributed by atoms with Crippen LogP contribution in [0.5, 0.6) is 0 Å². The molecular weight excluding hydrogens is 352 g/mol. The second kappa shape index (κ2) is 9.82. The Balaban J connectivity index is 1.43. The van der Waals surface area contributed by atoms with Gasteiger partial charge in [0.1, 0.15) is 6.54 Å². The second-order valence-corrected chi connectivity index (χ2v) is 8.27. The largest absolute Gasteiger partial charge is 0.354 e. The van der Waals surface area contributed by atoms with Gasteiger partial charge in [-0.05, 0) is 36.8 Å². The van der Waals surface area contributed by atoms with Crippen molar-refractivity contribution in [2.45, 2.75) is 39.5 Å². The lowest BCUT2D eigenvalue weighted by atomic mass is 9.92. The molecule has 2 aliphatic rings. The molecule has 0 bridgehead atoms. The van der Waals surface area contributed by atoms with Crippen LogP contribution in [-0.4, -0.2) is 60.2 Å². The molecule has 0 radical (unpaired) electrons. The Morgan fingerprint density at radius 3 is 2.57 bits per heavy atom. The number of likely N-dealkylation sites (tertiary alicyclic amines) is 1. The quantitative estimate of drug-likeness (QED) is 0.735. The minimum absolute atomic E-state index is 0.00699. The molecule has 1 aromatic carbocycles. The molecule has 0 unspecified atom stereocenters. The van der Waals surface area contributed by atoms with E-state index in [0.717, 1.165) is 49.2 Å². The molecule has 3 rings (SSSR count). The van der Waals surface area contributed by atoms with Crippen molar-refractivity contribution in [1.82, 2.24) is 15.2 Å². The Labute approximate surface area is 168 Å². The predicted molar refractivity (Wildman–Crippen MR) is 111 cm³/mol. The summed E-state index contributed by atoms with van der Waals surface area (Å²) in [6.45, 7) is 8.56. The summed E-state index contributed by atoms with van der Waals surface area (Å²) in [4.78, 5) is 26.9. The van der Waals surface area contributed by atoms with E-state index in [9.17, 15) is 9.59 Å². The SMILES string of the molecule is C[C@@H]1C[C@H](C)CN(CCCNC(=O)CN2N=C(c3ccccc3)CCC2=O)C1. The summed E-state index contributed by atoms with van der Waals surface area (Å²) in [5, 5.41) is 8.68. The van der Waals surface area contributed by atoms with E-state index in [2.05, 4.69) is 29.2 Å². The molecule has 0 aliphatic carbocycles. The molecule has 0 spiro atoms. The van der Waals surface area contributed by atoms with Gasteiger partial charge in [0.05, 0.1) is 5.71 Å². The number of nitrogens with zero attached hydrogens (tertiary/aromatic N) is 3. The standard InChI is InChI=1S/C22H32N4O2/c1-17-13-18(2)15-25(14-17)12-6-11-23-21(27)16-26-22(28)10-9-20(24-26)19-7-4-3-5-8-19/h3-5,7-8,17-18H,6,9-16H2,1-2H3,(H,23,27)/t17-,18+. The molecule has 2 aliphatic heterocycles. The number of nitrogens with one attached hydrogen (secondary N) is 1. The number of rotatable bonds is 7. The van der Waals surface area contributed by atoms with Crippen LogP contribution < -0.4 is 5.32 Å². The Hall–Kier alpha value is -2.21. The van der Waals surface area contributed by atoms with Crippen molar-refractivity contribution in [2.75, 3.05) is 32.7 Å². The average Bonchev–Trinajstić information content (AvgIpc) is 2.67. The van der Waals surface area contributed by atoms with Crippen LogP contribution in [0, 0.1) is 11.8 Å². The number of carbonyl (C=O) groups excluding carboxylic acids is 2. The van der Waals surface area contributed by atoms with E-state index in [1.54, 1.807) is 0 Å². The van der Waals surface area contributed by atoms with E-state index < -0.39 is 0 Å². The monoisotopic (exact) mass is 384 g/mol. The molecule has 152 valence electrons. The maximum atomic E-state index is 12.3. The highest BCUT2D eigenvalue weighted by Crippen LogP contribution is 2.20. The lowest BCUT2D eigenvalue weighted by molar-refractivity contribution is -0.136. The number of carbonyl (C=O) groups is 2. The molecule has 28 heavy (non-hydrogen) atoms. The number of hydrazone groups is 1. The highest BCUT2D eigenvalue weighted by molar-refractivity contribution is 6.04. The van der Waals surface area contributed by atoms with Gasteiger partial charge in [-0.15, -0.1) is 0 Å². The fourth-order valence-corrected chi connectivity index (χ4v) is 4.26. The summed E-state index contributed by atoms with van der Waals surface area (Å²) in [5.41, 5.74) is 1.87. The Bertz CT molecular complexity index is 694. The molecular formula is C22H32N4O2. The fourth-order valence-electron chi connectivity index (χ4n) is 4.26. The molecule has 6 heteroatoms. The van der Waals surface area contributed by atoms with Gasteiger partial charge in [0.2, 0.25) is 11.8 Å². The van der Waals surface area contributed by atoms with Crippen molar-refractivity contribution in [3.63, 3.8) is 0 Å². The minimum Gasteiger partial charge on any atom is -0.354 e. The van der Waals surface area contributed by atoms with Crippen LogP contribution in [0.25, 0.3) is 0 Å². The number of amides is 2. The lowest BCUT2D eigenvalue weighted by Gasteiger charge is -2.34. The van der Waals surface area contributed by atoms with Crippen LogP contribution in [0.2, 0.25) is 0 Å². The molecule has 1 fully saturated rings. The summed E-state index contributed by atoms with van der Waals surface area (Å²) in [7, 11) is 0. The zero-order valence-corrected chi connectivity index (χ0v) is 17.1. The van der Waals surface area contributed by atoms with Crippen LogP contribution in [0.1, 0.15) is 45.1 Å². The lowest BCUT2D eigenvalue weighted by Crippen LogP contribution is -2.42. The zero-order valence-electron chi connectivity index (χ0n) is 17.1. The van der Waals surface area contributed by atoms with Crippen LogP contribution in [0.15, 0.2) is 35.4 Å². The summed E-state index contributed by atoms with van der Waals surface area (Å²) in [6.07, 6.45) is 3.25. The van der Waals surface area contributed by atoms with Gasteiger partial charge in [-0.2, -0.15) is 5.10 Å². The smallest absolute Gasteiger partial charge is 0.243 e. The normalized spacial score (nSPS) is 23.4. The number of piperidine rings is 1. The van der Waals surface area contributed by atoms with Crippen LogP contribution >= 0.6 is 0 Å². The molecule has 2 heterocycles. The fraction of sp³-hybridized carbons (Fsp3) is 0.591. The van der Waals surface area contributed by atoms with Crippen molar-refractivity contribution in [3.05, 3.63) is 35.9 Å². The Morgan fingerprint density at radius 2 is 1.86 bits per heavy atom. The van der Waals surface area contributed by atoms with Gasteiger partial charge in [-0.3, -0.25) is 9.59 Å². The third-order valence-corrected chi connectivity index (χ3v) is 5.42. The van der Waals surface area contributed by atoms with Crippen LogP contribution in [0.4, 0.5) is 0 Å². The van der Waals surface area contributed by atoms with Crippen molar-refractivity contribution in [3.8, 4) is 0 Å². The Kier molecular flexibility index (Phi) is 7.20. The van der Waals surface area contributed by atoms with E-state index >= 15 is 0 Å². The molecule has 2 atom stereocenters. The highest BCUT2D eigenvalue weighted by atomic mass is 16.2. The first-order chi connectivity index (χ1) is 13.5. The number of benzene rings is 1. The molecule has 2 amide bonds. The van der Waals surface area contributed by atoms with Gasteiger partial charge >= 0.3 is 0 Å². The number of hydrogen-bond acceptors (Lipinski definition) is 4. The van der Waals surface area contributed by atoms with Crippen LogP contribution in [0.3, 0.4) is 0 Å². The summed E-state index contributed by atoms with van der Waals surface area (Å²) < 4.78 is 0. The minimum atomic E-state index is -0.146. The first-order valence-electron chi connectivity index (χ1n) is 10.4. The van der Waals surface area contributed by atoms with Crippen LogP contribution in [-0.2, 0) is 9.59 Å². The first-order valence-corrected chi connectivity index (χ1v) is 10.4. The maximum absolute atomic E-state index is 12.3. The van der Waals surface area contributed by atoms with Crippen molar-refractivity contribution < 1.29 is 9.59 Å². The van der Waals surface area contributed by atoms with Gasteiger partial charge in [-0.1, -0.05) is 44.2 Å². The van der Waals surface area contributed by atoms with Gasteiger partial charge in [-0.25, -0.2) is 5.01 Å². The van der Waals surface area contributed by atoms with Gasteiger partial charge in [0.25, 0.3) is 0 Å². The highest BCUT2D eigenvalue weighted by Gasteiger charge is 2.24. The van der Waals surface area contributed by atoms with Gasteiger partial charge < -0.3 is 10.2 Å². The zero-order chi connectivity index (χ0) is 19.9. The summed E-state index contributed by atoms with van der Waals surface area (Å²) in [6, 6.07) is 9.82. The third kappa shape index (κ3) is 5.89. The predicted octanol–water partition coefficient (Wildman–Crippen LogP) is 2.50. The second-order valence-electron chi connectivity index (χ2n) is 8.27. The molecule has 1 saturated heterocycles. The molecule has 0 aromatic heterocycles. The number of hydrogen-bond donors (Lipinski definition) is 1. The van der Waals surface area contributed by atoms with E-state index in [0.29, 0.717) is 19.4 Å². The van der Waals surface area contributed by atoms with E-state index in [-0.39, 0.29) is 18.4 Å². The van der Waals surface area contributed by atoms with Crippen molar-refractivity contribution in [2.24, 2.45) is 16.9 Å². The molecule has 1 N–H and O–H groups in total. The summed E-state index contributed by atoms with van der Waals surface area (Å²) >= 11 is 0. The van der Waals surface area contributed by atoms with Gasteiger partial charge in [0.15, 0.2) is 0 Å². The molecule has 0 saturated carbocycles. The Morgan fingerprint density at radius 1 is 1.14 bits per heavy atom. The average molecular weight is 385 g/mol. The molecule has 1 aromatic rings. The van der Waals surface area contributed by atoms with Crippen molar-refractivity contribution >= 4 is 17.5 Å².